The number of hydrogen-bond acceptors (Lipinski definition) is 9. The third-order valence-corrected chi connectivity index (χ3v) is 7.49. The van der Waals surface area contributed by atoms with Crippen LogP contribution in [0.3, 0.4) is 0 Å². The van der Waals surface area contributed by atoms with E-state index in [1.807, 2.05) is 38.4 Å². The van der Waals surface area contributed by atoms with Gasteiger partial charge in [0.1, 0.15) is 24.4 Å². The van der Waals surface area contributed by atoms with Crippen molar-refractivity contribution in [3.8, 4) is 11.8 Å². The molecule has 0 spiro atoms. The van der Waals surface area contributed by atoms with E-state index >= 15 is 0 Å². The Morgan fingerprint density at radius 3 is 2.74 bits per heavy atom. The second kappa shape index (κ2) is 11.1. The number of aliphatic hydroxyl groups excluding tert-OH is 1. The quantitative estimate of drug-likeness (QED) is 0.437. The Morgan fingerprint density at radius 1 is 1.16 bits per heavy atom. The highest BCUT2D eigenvalue weighted by atomic mass is 16.5. The number of hydrogen-bond donors (Lipinski definition) is 2. The third-order valence-electron chi connectivity index (χ3n) is 7.49. The van der Waals surface area contributed by atoms with Gasteiger partial charge in [0.15, 0.2) is 0 Å². The van der Waals surface area contributed by atoms with Crippen LogP contribution in [0.5, 0.6) is 11.8 Å². The lowest BCUT2D eigenvalue weighted by molar-refractivity contribution is 0.00856. The molecule has 9 heteroatoms. The van der Waals surface area contributed by atoms with Crippen molar-refractivity contribution in [2.75, 3.05) is 63.2 Å². The molecule has 3 heterocycles. The molecule has 202 valence electrons. The van der Waals surface area contributed by atoms with Crippen LogP contribution in [0.2, 0.25) is 0 Å². The van der Waals surface area contributed by atoms with E-state index in [4.69, 9.17) is 14.7 Å². The number of anilines is 2. The number of nitrogens with zero attached hydrogens (tertiary/aromatic N) is 6. The van der Waals surface area contributed by atoms with Gasteiger partial charge in [0.25, 0.3) is 0 Å². The van der Waals surface area contributed by atoms with E-state index in [-0.39, 0.29) is 11.8 Å². The van der Waals surface area contributed by atoms with Crippen LogP contribution in [0.1, 0.15) is 18.2 Å². The van der Waals surface area contributed by atoms with Gasteiger partial charge in [0, 0.05) is 61.5 Å². The van der Waals surface area contributed by atoms with Crippen molar-refractivity contribution >= 4 is 22.3 Å². The molecule has 1 aromatic heterocycles. The number of piperazine rings is 1. The zero-order valence-corrected chi connectivity index (χ0v) is 22.5. The number of rotatable bonds is 8. The summed E-state index contributed by atoms with van der Waals surface area (Å²) in [5.74, 6) is 1.18. The molecule has 0 amide bonds. The Bertz CT molecular complexity index is 1300. The zero-order valence-electron chi connectivity index (χ0n) is 22.5. The van der Waals surface area contributed by atoms with E-state index in [0.717, 1.165) is 66.1 Å². The summed E-state index contributed by atoms with van der Waals surface area (Å²) in [4.78, 5) is 18.5. The van der Waals surface area contributed by atoms with Crippen molar-refractivity contribution < 1.29 is 14.9 Å². The maximum atomic E-state index is 10.4. The first-order chi connectivity index (χ1) is 18.3. The van der Waals surface area contributed by atoms with Gasteiger partial charge in [-0.05, 0) is 45.0 Å². The molecule has 0 radical (unpaired) electrons. The number of phenols is 1. The van der Waals surface area contributed by atoms with Crippen molar-refractivity contribution in [3.05, 3.63) is 60.3 Å². The standard InChI is InChI=1S/C29H38N6O3/c1-5-27(37)35-13-12-34(18-20(35)2)28-24-10-11-33(19-25(24)30-29(31-28)38-15-14-32(3)4)26-17-22(36)16-21-8-6-7-9-23(21)26/h5-9,16-17,20,27,36-37H,1,10-15,18-19H2,2-4H3/t20-,27?/m1/s1. The summed E-state index contributed by atoms with van der Waals surface area (Å²) in [5, 5.41) is 22.9. The molecular formula is C29H38N6O3. The van der Waals surface area contributed by atoms with Crippen LogP contribution in [0, 0.1) is 0 Å². The number of likely N-dealkylation sites (N-methyl/N-ethyl adjacent to an activating group) is 1. The van der Waals surface area contributed by atoms with Gasteiger partial charge in [-0.2, -0.15) is 9.97 Å². The SMILES string of the molecule is C=CC(O)N1CCN(c2nc(OCCN(C)C)nc3c2CCN(c2cc(O)cc4ccccc24)C3)C[C@H]1C. The van der Waals surface area contributed by atoms with Crippen LogP contribution in [0.4, 0.5) is 11.5 Å². The van der Waals surface area contributed by atoms with Crippen LogP contribution in [0.25, 0.3) is 10.8 Å². The monoisotopic (exact) mass is 518 g/mol. The van der Waals surface area contributed by atoms with Gasteiger partial charge in [-0.15, -0.1) is 0 Å². The Kier molecular flexibility index (Phi) is 7.69. The van der Waals surface area contributed by atoms with Gasteiger partial charge in [0.2, 0.25) is 0 Å². The van der Waals surface area contributed by atoms with Crippen LogP contribution in [0.15, 0.2) is 49.1 Å². The van der Waals surface area contributed by atoms with Gasteiger partial charge in [0.05, 0.1) is 12.2 Å². The van der Waals surface area contributed by atoms with Gasteiger partial charge in [-0.3, -0.25) is 4.90 Å². The molecule has 1 unspecified atom stereocenters. The molecule has 1 fully saturated rings. The number of aromatic nitrogens is 2. The van der Waals surface area contributed by atoms with E-state index in [9.17, 15) is 10.2 Å². The Hall–Kier alpha value is -3.40. The van der Waals surface area contributed by atoms with Crippen molar-refractivity contribution in [1.29, 1.82) is 0 Å². The fourth-order valence-corrected chi connectivity index (χ4v) is 5.47. The highest BCUT2D eigenvalue weighted by molar-refractivity contribution is 5.95. The number of aliphatic hydroxyl groups is 1. The first-order valence-corrected chi connectivity index (χ1v) is 13.3. The van der Waals surface area contributed by atoms with E-state index < -0.39 is 6.23 Å². The molecule has 2 aliphatic heterocycles. The van der Waals surface area contributed by atoms with Crippen molar-refractivity contribution in [2.45, 2.75) is 32.2 Å². The number of fused-ring (bicyclic) bond motifs is 2. The minimum atomic E-state index is -0.651. The molecule has 9 nitrogen and oxygen atoms in total. The van der Waals surface area contributed by atoms with E-state index in [2.05, 4.69) is 39.2 Å². The van der Waals surface area contributed by atoms with E-state index in [1.54, 1.807) is 12.1 Å². The summed E-state index contributed by atoms with van der Waals surface area (Å²) in [6, 6.07) is 12.3. The molecular weight excluding hydrogens is 480 g/mol. The molecule has 38 heavy (non-hydrogen) atoms. The van der Waals surface area contributed by atoms with Crippen molar-refractivity contribution in [1.82, 2.24) is 19.8 Å². The summed E-state index contributed by atoms with van der Waals surface area (Å²) in [5.41, 5.74) is 3.10. The smallest absolute Gasteiger partial charge is 0.318 e. The second-order valence-electron chi connectivity index (χ2n) is 10.4. The molecule has 0 aliphatic carbocycles. The Morgan fingerprint density at radius 2 is 1.97 bits per heavy atom. The second-order valence-corrected chi connectivity index (χ2v) is 10.4. The Labute approximate surface area is 224 Å². The van der Waals surface area contributed by atoms with Gasteiger partial charge in [-0.25, -0.2) is 0 Å². The predicted molar refractivity (Wildman–Crippen MR) is 151 cm³/mol. The first kappa shape index (κ1) is 26.2. The number of benzene rings is 2. The van der Waals surface area contributed by atoms with Gasteiger partial charge < -0.3 is 29.6 Å². The molecule has 2 aliphatic rings. The van der Waals surface area contributed by atoms with Crippen LogP contribution < -0.4 is 14.5 Å². The van der Waals surface area contributed by atoms with Crippen LogP contribution in [-0.4, -0.2) is 95.7 Å². The summed E-state index contributed by atoms with van der Waals surface area (Å²) >= 11 is 0. The van der Waals surface area contributed by atoms with Crippen molar-refractivity contribution in [3.63, 3.8) is 0 Å². The maximum absolute atomic E-state index is 10.4. The summed E-state index contributed by atoms with van der Waals surface area (Å²) in [6.45, 7) is 10.7. The largest absolute Gasteiger partial charge is 0.508 e. The number of aromatic hydroxyl groups is 1. The van der Waals surface area contributed by atoms with Gasteiger partial charge >= 0.3 is 6.01 Å². The van der Waals surface area contributed by atoms with Crippen LogP contribution in [-0.2, 0) is 13.0 Å². The maximum Gasteiger partial charge on any atom is 0.318 e. The number of phenolic OH excluding ortho intramolecular Hbond substituents is 1. The van der Waals surface area contributed by atoms with E-state index in [1.165, 1.54) is 0 Å². The molecule has 0 saturated carbocycles. The van der Waals surface area contributed by atoms with Crippen molar-refractivity contribution in [2.24, 2.45) is 0 Å². The fourth-order valence-electron chi connectivity index (χ4n) is 5.47. The fraction of sp³-hybridized carbons (Fsp3) is 0.448. The van der Waals surface area contributed by atoms with E-state index in [0.29, 0.717) is 25.7 Å². The molecule has 2 atom stereocenters. The lowest BCUT2D eigenvalue weighted by atomic mass is 10.0. The first-order valence-electron chi connectivity index (χ1n) is 13.3. The predicted octanol–water partition coefficient (Wildman–Crippen LogP) is 2.85. The minimum absolute atomic E-state index is 0.138. The zero-order chi connectivity index (χ0) is 26.8. The summed E-state index contributed by atoms with van der Waals surface area (Å²) < 4.78 is 6.04. The number of ether oxygens (including phenoxy) is 1. The molecule has 5 rings (SSSR count). The Balaban J connectivity index is 1.47. The molecule has 0 bridgehead atoms. The molecule has 3 aromatic rings. The molecule has 2 N–H and O–H groups in total. The minimum Gasteiger partial charge on any atom is -0.508 e. The average molecular weight is 519 g/mol. The lowest BCUT2D eigenvalue weighted by Gasteiger charge is -2.43. The topological polar surface area (TPSA) is 88.4 Å². The van der Waals surface area contributed by atoms with Gasteiger partial charge in [-0.1, -0.05) is 30.8 Å². The highest BCUT2D eigenvalue weighted by Gasteiger charge is 2.32. The molecule has 2 aromatic carbocycles. The third kappa shape index (κ3) is 5.41. The normalized spacial score (nSPS) is 19.0. The van der Waals surface area contributed by atoms with Crippen LogP contribution >= 0.6 is 0 Å². The highest BCUT2D eigenvalue weighted by Crippen LogP contribution is 2.36. The molecule has 1 saturated heterocycles. The lowest BCUT2D eigenvalue weighted by Crippen LogP contribution is -2.55. The summed E-state index contributed by atoms with van der Waals surface area (Å²) in [7, 11) is 4.02. The summed E-state index contributed by atoms with van der Waals surface area (Å²) in [6.07, 6.45) is 1.72. The average Bonchev–Trinajstić information content (AvgIpc) is 2.91.